The molecule has 1 saturated heterocycles. The predicted octanol–water partition coefficient (Wildman–Crippen LogP) is 3.10. The number of carbonyl (C=O) groups excluding carboxylic acids is 1. The second-order valence-electron chi connectivity index (χ2n) is 7.52. The van der Waals surface area contributed by atoms with Crippen LogP contribution in [0.5, 0.6) is 0 Å². The Kier molecular flexibility index (Phi) is 6.11. The Hall–Kier alpha value is -2.33. The fraction of sp³-hybridized carbons (Fsp3) is 0.364. The highest BCUT2D eigenvalue weighted by molar-refractivity contribution is 7.89. The van der Waals surface area contributed by atoms with E-state index in [0.29, 0.717) is 43.2 Å². The number of hydrogen-bond acceptors (Lipinski definition) is 5. The summed E-state index contributed by atoms with van der Waals surface area (Å²) in [7, 11) is -3.59. The summed E-state index contributed by atoms with van der Waals surface area (Å²) in [5, 5.41) is 0. The molecule has 0 saturated carbocycles. The number of aromatic nitrogens is 1. The van der Waals surface area contributed by atoms with Gasteiger partial charge in [0.1, 0.15) is 0 Å². The molecule has 2 aromatic carbocycles. The van der Waals surface area contributed by atoms with Crippen LogP contribution in [0, 0.1) is 13.8 Å². The van der Waals surface area contributed by atoms with E-state index in [2.05, 4.69) is 31.0 Å². The molecule has 9 heteroatoms. The lowest BCUT2D eigenvalue weighted by molar-refractivity contribution is 0.0730. The third kappa shape index (κ3) is 4.23. The average molecular weight is 460 g/mol. The third-order valence-corrected chi connectivity index (χ3v) is 8.27. The molecule has 1 aliphatic heterocycles. The Balaban J connectivity index is 1.66. The standard InChI is InChI=1S/C22H25N3O4S2/c1-4-25-20-16(3)13-15(2)14-19(20)30-22(25)23-21(26)17-5-7-18(8-6-17)31(27,28)24-9-11-29-12-10-24/h5-8,13-14H,4,9-12H2,1-3H3. The van der Waals surface area contributed by atoms with Gasteiger partial charge in [-0.3, -0.25) is 4.79 Å². The van der Waals surface area contributed by atoms with Crippen LogP contribution in [0.15, 0.2) is 46.3 Å². The van der Waals surface area contributed by atoms with Crippen LogP contribution in [0.25, 0.3) is 10.2 Å². The summed E-state index contributed by atoms with van der Waals surface area (Å²) in [6.07, 6.45) is 0. The molecule has 1 aliphatic rings. The van der Waals surface area contributed by atoms with Crippen molar-refractivity contribution in [3.8, 4) is 0 Å². The summed E-state index contributed by atoms with van der Waals surface area (Å²) < 4.78 is 35.3. The van der Waals surface area contributed by atoms with Crippen LogP contribution in [0.3, 0.4) is 0 Å². The first-order chi connectivity index (χ1) is 14.8. The smallest absolute Gasteiger partial charge is 0.279 e. The maximum absolute atomic E-state index is 12.8. The molecule has 0 spiro atoms. The lowest BCUT2D eigenvalue weighted by Gasteiger charge is -2.26. The van der Waals surface area contributed by atoms with Gasteiger partial charge in [-0.25, -0.2) is 8.42 Å². The van der Waals surface area contributed by atoms with Crippen molar-refractivity contribution in [1.82, 2.24) is 8.87 Å². The van der Waals surface area contributed by atoms with Gasteiger partial charge >= 0.3 is 0 Å². The van der Waals surface area contributed by atoms with Crippen LogP contribution in [-0.2, 0) is 21.3 Å². The SMILES string of the molecule is CCn1c(=NC(=O)c2ccc(S(=O)(=O)N3CCOCC3)cc2)sc2cc(C)cc(C)c21. The minimum absolute atomic E-state index is 0.169. The molecule has 0 N–H and O–H groups in total. The fourth-order valence-electron chi connectivity index (χ4n) is 3.83. The van der Waals surface area contributed by atoms with Crippen molar-refractivity contribution in [3.05, 3.63) is 57.9 Å². The Bertz CT molecular complexity index is 1300. The second kappa shape index (κ2) is 8.66. The molecule has 0 radical (unpaired) electrons. The number of sulfonamides is 1. The zero-order chi connectivity index (χ0) is 22.2. The molecule has 0 bridgehead atoms. The van der Waals surface area contributed by atoms with Gasteiger partial charge in [0, 0.05) is 25.2 Å². The lowest BCUT2D eigenvalue weighted by Crippen LogP contribution is -2.40. The summed E-state index contributed by atoms with van der Waals surface area (Å²) in [6, 6.07) is 10.2. The number of benzene rings is 2. The largest absolute Gasteiger partial charge is 0.379 e. The number of thiazole rings is 1. The highest BCUT2D eigenvalue weighted by Gasteiger charge is 2.26. The average Bonchev–Trinajstić information content (AvgIpc) is 3.11. The van der Waals surface area contributed by atoms with Crippen molar-refractivity contribution in [2.75, 3.05) is 26.3 Å². The summed E-state index contributed by atoms with van der Waals surface area (Å²) in [5.41, 5.74) is 3.77. The van der Waals surface area contributed by atoms with E-state index < -0.39 is 15.9 Å². The molecule has 3 aromatic rings. The number of hydrogen-bond donors (Lipinski definition) is 0. The molecule has 7 nitrogen and oxygen atoms in total. The number of aryl methyl sites for hydroxylation is 3. The van der Waals surface area contributed by atoms with Gasteiger partial charge in [0.05, 0.1) is 28.3 Å². The van der Waals surface area contributed by atoms with Gasteiger partial charge in [-0.2, -0.15) is 9.30 Å². The zero-order valence-electron chi connectivity index (χ0n) is 17.8. The number of ether oxygens (including phenoxy) is 1. The quantitative estimate of drug-likeness (QED) is 0.600. The number of morpholine rings is 1. The highest BCUT2D eigenvalue weighted by Crippen LogP contribution is 2.23. The second-order valence-corrected chi connectivity index (χ2v) is 10.5. The molecule has 1 amide bonds. The topological polar surface area (TPSA) is 81.0 Å². The fourth-order valence-corrected chi connectivity index (χ4v) is 6.50. The van der Waals surface area contributed by atoms with Crippen molar-refractivity contribution in [2.45, 2.75) is 32.2 Å². The molecule has 0 aliphatic carbocycles. The first-order valence-electron chi connectivity index (χ1n) is 10.2. The first kappa shape index (κ1) is 21.9. The molecule has 1 fully saturated rings. The van der Waals surface area contributed by atoms with Crippen LogP contribution in [0.1, 0.15) is 28.4 Å². The van der Waals surface area contributed by atoms with E-state index in [1.807, 2.05) is 11.5 Å². The van der Waals surface area contributed by atoms with Gasteiger partial charge < -0.3 is 9.30 Å². The zero-order valence-corrected chi connectivity index (χ0v) is 19.4. The van der Waals surface area contributed by atoms with Crippen LogP contribution in [0.4, 0.5) is 0 Å². The van der Waals surface area contributed by atoms with Gasteiger partial charge in [0.25, 0.3) is 5.91 Å². The molecular weight excluding hydrogens is 434 g/mol. The number of fused-ring (bicyclic) bond motifs is 1. The Labute approximate surface area is 185 Å². The normalized spacial score (nSPS) is 16.2. The van der Waals surface area contributed by atoms with Crippen molar-refractivity contribution in [1.29, 1.82) is 0 Å². The van der Waals surface area contributed by atoms with E-state index in [9.17, 15) is 13.2 Å². The number of rotatable bonds is 4. The molecule has 0 atom stereocenters. The minimum Gasteiger partial charge on any atom is -0.379 e. The van der Waals surface area contributed by atoms with E-state index in [1.165, 1.54) is 45.5 Å². The van der Waals surface area contributed by atoms with Crippen LogP contribution in [0.2, 0.25) is 0 Å². The molecule has 164 valence electrons. The van der Waals surface area contributed by atoms with Gasteiger partial charge in [-0.1, -0.05) is 17.4 Å². The lowest BCUT2D eigenvalue weighted by atomic mass is 10.1. The molecule has 1 aromatic heterocycles. The predicted molar refractivity (Wildman–Crippen MR) is 121 cm³/mol. The van der Waals surface area contributed by atoms with Gasteiger partial charge in [0.15, 0.2) is 4.80 Å². The van der Waals surface area contributed by atoms with E-state index in [-0.39, 0.29) is 4.90 Å². The number of carbonyl (C=O) groups is 1. The summed E-state index contributed by atoms with van der Waals surface area (Å²) in [4.78, 5) is 18.0. The maximum atomic E-state index is 12.8. The van der Waals surface area contributed by atoms with E-state index in [0.717, 1.165) is 15.8 Å². The van der Waals surface area contributed by atoms with Crippen molar-refractivity contribution in [2.24, 2.45) is 4.99 Å². The van der Waals surface area contributed by atoms with Gasteiger partial charge in [0.2, 0.25) is 10.0 Å². The van der Waals surface area contributed by atoms with E-state index in [4.69, 9.17) is 4.74 Å². The van der Waals surface area contributed by atoms with Crippen LogP contribution < -0.4 is 4.80 Å². The van der Waals surface area contributed by atoms with E-state index >= 15 is 0 Å². The molecule has 4 rings (SSSR count). The van der Waals surface area contributed by atoms with Crippen LogP contribution >= 0.6 is 11.3 Å². The summed E-state index contributed by atoms with van der Waals surface area (Å²) in [5.74, 6) is -0.390. The Morgan fingerprint density at radius 3 is 2.45 bits per heavy atom. The summed E-state index contributed by atoms with van der Waals surface area (Å²) in [6.45, 7) is 8.29. The highest BCUT2D eigenvalue weighted by atomic mass is 32.2. The molecule has 2 heterocycles. The Morgan fingerprint density at radius 2 is 1.81 bits per heavy atom. The van der Waals surface area contributed by atoms with E-state index in [1.54, 1.807) is 0 Å². The van der Waals surface area contributed by atoms with Crippen molar-refractivity contribution in [3.63, 3.8) is 0 Å². The van der Waals surface area contributed by atoms with Crippen molar-refractivity contribution < 1.29 is 17.9 Å². The molecule has 0 unspecified atom stereocenters. The monoisotopic (exact) mass is 459 g/mol. The van der Waals surface area contributed by atoms with Crippen LogP contribution in [-0.4, -0.2) is 49.5 Å². The molecule has 31 heavy (non-hydrogen) atoms. The number of nitrogens with zero attached hydrogens (tertiary/aromatic N) is 3. The Morgan fingerprint density at radius 1 is 1.13 bits per heavy atom. The van der Waals surface area contributed by atoms with Gasteiger partial charge in [-0.15, -0.1) is 0 Å². The van der Waals surface area contributed by atoms with Gasteiger partial charge in [-0.05, 0) is 62.2 Å². The van der Waals surface area contributed by atoms with Crippen molar-refractivity contribution >= 4 is 37.5 Å². The first-order valence-corrected chi connectivity index (χ1v) is 12.4. The maximum Gasteiger partial charge on any atom is 0.279 e. The third-order valence-electron chi connectivity index (χ3n) is 5.33. The minimum atomic E-state index is -3.59. The summed E-state index contributed by atoms with van der Waals surface area (Å²) >= 11 is 1.49. The molecular formula is C22H25N3O4S2. The number of amides is 1.